The quantitative estimate of drug-likeness (QED) is 0.791. The maximum atomic E-state index is 12.1. The van der Waals surface area contributed by atoms with Gasteiger partial charge in [-0.3, -0.25) is 4.79 Å². The van der Waals surface area contributed by atoms with Gasteiger partial charge in [-0.15, -0.1) is 11.3 Å². The summed E-state index contributed by atoms with van der Waals surface area (Å²) in [4.78, 5) is 12.6. The molecular weight excluding hydrogens is 385 g/mol. The second-order valence-corrected chi connectivity index (χ2v) is 5.91. The van der Waals surface area contributed by atoms with Crippen molar-refractivity contribution in [1.29, 1.82) is 0 Å². The molecule has 0 unspecified atom stereocenters. The molecule has 6 heteroatoms. The molecule has 2 rings (SSSR count). The molecule has 2 aromatic rings. The maximum Gasteiger partial charge on any atom is 0.269 e. The van der Waals surface area contributed by atoms with Crippen LogP contribution in [0.25, 0.3) is 0 Å². The molecule has 1 aromatic carbocycles. The van der Waals surface area contributed by atoms with Crippen LogP contribution in [-0.4, -0.2) is 13.0 Å². The third-order valence-electron chi connectivity index (χ3n) is 2.23. The minimum Gasteiger partial charge on any atom is -0.495 e. The predicted octanol–water partition coefficient (Wildman–Crippen LogP) is 4.27. The van der Waals surface area contributed by atoms with Crippen LogP contribution in [0.4, 0.5) is 5.69 Å². The number of carbonyl (C=O) groups is 1. The Morgan fingerprint density at radius 2 is 2.22 bits per heavy atom. The fraction of sp³-hybridized carbons (Fsp3) is 0.0833. The summed E-state index contributed by atoms with van der Waals surface area (Å²) in [5.74, 6) is 0.406. The molecule has 3 nitrogen and oxygen atoms in total. The summed E-state index contributed by atoms with van der Waals surface area (Å²) in [6.45, 7) is 0. The third-order valence-corrected chi connectivity index (χ3v) is 4.26. The molecule has 0 radical (unpaired) electrons. The van der Waals surface area contributed by atoms with Gasteiger partial charge in [-0.1, -0.05) is 11.6 Å². The van der Waals surface area contributed by atoms with Gasteiger partial charge in [0.25, 0.3) is 5.91 Å². The van der Waals surface area contributed by atoms with E-state index in [1.165, 1.54) is 11.3 Å². The number of anilines is 1. The molecule has 94 valence electrons. The first-order valence-electron chi connectivity index (χ1n) is 4.99. The Labute approximate surface area is 127 Å². The molecule has 0 aliphatic carbocycles. The summed E-state index contributed by atoms with van der Waals surface area (Å²) in [6.07, 6.45) is 0. The first kappa shape index (κ1) is 13.6. The highest BCUT2D eigenvalue weighted by molar-refractivity contribution is 14.1. The van der Waals surface area contributed by atoms with E-state index < -0.39 is 0 Å². The van der Waals surface area contributed by atoms with Gasteiger partial charge in [-0.25, -0.2) is 0 Å². The van der Waals surface area contributed by atoms with Gasteiger partial charge >= 0.3 is 0 Å². The SMILES string of the molecule is COc1ccsc1C(=O)Nc1ccc(Cl)cc1I. The predicted molar refractivity (Wildman–Crippen MR) is 83.0 cm³/mol. The Morgan fingerprint density at radius 3 is 2.89 bits per heavy atom. The molecule has 0 aliphatic heterocycles. The Bertz CT molecular complexity index is 585. The van der Waals surface area contributed by atoms with Crippen molar-refractivity contribution in [3.8, 4) is 5.75 Å². The van der Waals surface area contributed by atoms with Gasteiger partial charge in [-0.05, 0) is 52.2 Å². The molecule has 18 heavy (non-hydrogen) atoms. The van der Waals surface area contributed by atoms with Gasteiger partial charge in [0.15, 0.2) is 0 Å². The normalized spacial score (nSPS) is 10.2. The van der Waals surface area contributed by atoms with E-state index in [1.54, 1.807) is 31.4 Å². The van der Waals surface area contributed by atoms with Crippen molar-refractivity contribution >= 4 is 57.1 Å². The van der Waals surface area contributed by atoms with Crippen molar-refractivity contribution in [3.63, 3.8) is 0 Å². The number of hydrogen-bond acceptors (Lipinski definition) is 3. The van der Waals surface area contributed by atoms with Crippen LogP contribution < -0.4 is 10.1 Å². The van der Waals surface area contributed by atoms with Crippen molar-refractivity contribution in [2.24, 2.45) is 0 Å². The van der Waals surface area contributed by atoms with E-state index in [2.05, 4.69) is 27.9 Å². The highest BCUT2D eigenvalue weighted by atomic mass is 127. The average Bonchev–Trinajstić information content (AvgIpc) is 2.81. The zero-order valence-corrected chi connectivity index (χ0v) is 13.1. The lowest BCUT2D eigenvalue weighted by Gasteiger charge is -2.07. The summed E-state index contributed by atoms with van der Waals surface area (Å²) in [6, 6.07) is 7.09. The van der Waals surface area contributed by atoms with Crippen LogP contribution in [0.5, 0.6) is 5.75 Å². The summed E-state index contributed by atoms with van der Waals surface area (Å²) in [5, 5.41) is 5.30. The minimum atomic E-state index is -0.179. The lowest BCUT2D eigenvalue weighted by Crippen LogP contribution is -2.12. The van der Waals surface area contributed by atoms with Gasteiger partial charge < -0.3 is 10.1 Å². The number of methoxy groups -OCH3 is 1. The van der Waals surface area contributed by atoms with Crippen LogP contribution in [0.15, 0.2) is 29.6 Å². The monoisotopic (exact) mass is 393 g/mol. The largest absolute Gasteiger partial charge is 0.495 e. The topological polar surface area (TPSA) is 38.3 Å². The van der Waals surface area contributed by atoms with Gasteiger partial charge in [0.05, 0.1) is 12.8 Å². The lowest BCUT2D eigenvalue weighted by atomic mass is 10.3. The van der Waals surface area contributed by atoms with E-state index >= 15 is 0 Å². The molecule has 0 aliphatic rings. The maximum absolute atomic E-state index is 12.1. The third kappa shape index (κ3) is 2.96. The zero-order chi connectivity index (χ0) is 13.1. The van der Waals surface area contributed by atoms with Gasteiger partial charge in [0.1, 0.15) is 10.6 Å². The summed E-state index contributed by atoms with van der Waals surface area (Å²) in [7, 11) is 1.55. The van der Waals surface area contributed by atoms with Crippen LogP contribution in [0.1, 0.15) is 9.67 Å². The van der Waals surface area contributed by atoms with Crippen LogP contribution in [0.3, 0.4) is 0 Å². The molecule has 0 saturated carbocycles. The molecule has 0 fully saturated rings. The Balaban J connectivity index is 2.21. The molecule has 0 spiro atoms. The van der Waals surface area contributed by atoms with Gasteiger partial charge in [0.2, 0.25) is 0 Å². The van der Waals surface area contributed by atoms with E-state index in [-0.39, 0.29) is 5.91 Å². The fourth-order valence-corrected chi connectivity index (χ4v) is 3.15. The van der Waals surface area contributed by atoms with Crippen molar-refractivity contribution in [2.75, 3.05) is 12.4 Å². The fourth-order valence-electron chi connectivity index (χ4n) is 1.39. The molecule has 0 atom stereocenters. The average molecular weight is 394 g/mol. The van der Waals surface area contributed by atoms with E-state index in [0.29, 0.717) is 15.6 Å². The molecule has 0 saturated heterocycles. The van der Waals surface area contributed by atoms with Crippen LogP contribution >= 0.6 is 45.5 Å². The number of ether oxygens (including phenoxy) is 1. The summed E-state index contributed by atoms with van der Waals surface area (Å²) < 4.78 is 6.01. The number of thiophene rings is 1. The highest BCUT2D eigenvalue weighted by Gasteiger charge is 2.15. The zero-order valence-electron chi connectivity index (χ0n) is 9.37. The molecule has 1 N–H and O–H groups in total. The van der Waals surface area contributed by atoms with E-state index in [9.17, 15) is 4.79 Å². The first-order valence-corrected chi connectivity index (χ1v) is 7.33. The summed E-state index contributed by atoms with van der Waals surface area (Å²) in [5.41, 5.74) is 0.737. The number of rotatable bonds is 3. The number of carbonyl (C=O) groups excluding carboxylic acids is 1. The second-order valence-electron chi connectivity index (χ2n) is 3.40. The van der Waals surface area contributed by atoms with Crippen LogP contribution in [-0.2, 0) is 0 Å². The van der Waals surface area contributed by atoms with E-state index in [1.807, 2.05) is 5.38 Å². The van der Waals surface area contributed by atoms with E-state index in [0.717, 1.165) is 9.26 Å². The Morgan fingerprint density at radius 1 is 1.44 bits per heavy atom. The molecule has 1 amide bonds. The van der Waals surface area contributed by atoms with Crippen LogP contribution in [0, 0.1) is 3.57 Å². The Kier molecular flexibility index (Phi) is 4.47. The number of halogens is 2. The lowest BCUT2D eigenvalue weighted by molar-refractivity contribution is 0.102. The Hall–Kier alpha value is -0.790. The van der Waals surface area contributed by atoms with Crippen molar-refractivity contribution in [1.82, 2.24) is 0 Å². The smallest absolute Gasteiger partial charge is 0.269 e. The molecule has 0 bridgehead atoms. The van der Waals surface area contributed by atoms with Crippen LogP contribution in [0.2, 0.25) is 5.02 Å². The van der Waals surface area contributed by atoms with E-state index in [4.69, 9.17) is 16.3 Å². The van der Waals surface area contributed by atoms with Crippen molar-refractivity contribution in [3.05, 3.63) is 43.1 Å². The molecule has 1 aromatic heterocycles. The number of amides is 1. The van der Waals surface area contributed by atoms with Crippen molar-refractivity contribution in [2.45, 2.75) is 0 Å². The first-order chi connectivity index (χ1) is 8.61. The number of benzene rings is 1. The second kappa shape index (κ2) is 5.90. The van der Waals surface area contributed by atoms with Gasteiger partial charge in [0, 0.05) is 8.59 Å². The highest BCUT2D eigenvalue weighted by Crippen LogP contribution is 2.27. The summed E-state index contributed by atoms with van der Waals surface area (Å²) >= 11 is 9.34. The minimum absolute atomic E-state index is 0.179. The number of hydrogen-bond donors (Lipinski definition) is 1. The number of nitrogens with one attached hydrogen (secondary N) is 1. The standard InChI is InChI=1S/C12H9ClINO2S/c1-17-10-4-5-18-11(10)12(16)15-9-3-2-7(13)6-8(9)14/h2-6H,1H3,(H,15,16). The molecule has 1 heterocycles. The molecular formula is C12H9ClINO2S. The van der Waals surface area contributed by atoms with Gasteiger partial charge in [-0.2, -0.15) is 0 Å². The van der Waals surface area contributed by atoms with Crippen molar-refractivity contribution < 1.29 is 9.53 Å².